The van der Waals surface area contributed by atoms with Gasteiger partial charge in [-0.25, -0.2) is 4.79 Å². The van der Waals surface area contributed by atoms with Crippen molar-refractivity contribution in [2.75, 3.05) is 0 Å². The summed E-state index contributed by atoms with van der Waals surface area (Å²) >= 11 is 0. The maximum absolute atomic E-state index is 10.8. The summed E-state index contributed by atoms with van der Waals surface area (Å²) in [5, 5.41) is 17.9. The average molecular weight is 232 g/mol. The summed E-state index contributed by atoms with van der Waals surface area (Å²) in [5.74, 6) is -1.99. The highest BCUT2D eigenvalue weighted by molar-refractivity contribution is 7.85. The third-order valence-electron chi connectivity index (χ3n) is 1.80. The summed E-state index contributed by atoms with van der Waals surface area (Å²) in [6, 6.07) is 1.68. The van der Waals surface area contributed by atoms with Crippen LogP contribution in [0.1, 0.15) is 15.9 Å². The Hall–Kier alpha value is -1.60. The van der Waals surface area contributed by atoms with Gasteiger partial charge in [-0.15, -0.1) is 0 Å². The van der Waals surface area contributed by atoms with Crippen LogP contribution in [0, 0.1) is 6.92 Å². The predicted molar refractivity (Wildman–Crippen MR) is 49.6 cm³/mol. The topological polar surface area (TPSA) is 112 Å². The molecular weight excluding hydrogens is 224 g/mol. The van der Waals surface area contributed by atoms with Crippen LogP contribution < -0.4 is 0 Å². The van der Waals surface area contributed by atoms with Crippen molar-refractivity contribution in [3.05, 3.63) is 23.3 Å². The highest BCUT2D eigenvalue weighted by Gasteiger charge is 2.18. The van der Waals surface area contributed by atoms with Crippen LogP contribution >= 0.6 is 0 Å². The number of hydrogen-bond acceptors (Lipinski definition) is 4. The predicted octanol–water partition coefficient (Wildman–Crippen LogP) is 0.646. The second-order valence-corrected chi connectivity index (χ2v) is 4.34. The molecule has 0 saturated heterocycles. The number of hydrogen-bond donors (Lipinski definition) is 3. The van der Waals surface area contributed by atoms with E-state index >= 15 is 0 Å². The molecule has 0 radical (unpaired) electrons. The Morgan fingerprint density at radius 3 is 2.27 bits per heavy atom. The lowest BCUT2D eigenvalue weighted by Crippen LogP contribution is -2.04. The highest BCUT2D eigenvalue weighted by Crippen LogP contribution is 2.25. The van der Waals surface area contributed by atoms with Crippen LogP contribution in [-0.2, 0) is 10.1 Å². The molecule has 15 heavy (non-hydrogen) atoms. The lowest BCUT2D eigenvalue weighted by molar-refractivity contribution is 0.0693. The Kier molecular flexibility index (Phi) is 2.69. The number of phenols is 1. The monoisotopic (exact) mass is 232 g/mol. The molecule has 0 amide bonds. The normalized spacial score (nSPS) is 11.3. The lowest BCUT2D eigenvalue weighted by atomic mass is 10.1. The van der Waals surface area contributed by atoms with Crippen molar-refractivity contribution >= 4 is 16.1 Å². The number of carboxylic acids is 1. The van der Waals surface area contributed by atoms with Gasteiger partial charge in [0.15, 0.2) is 0 Å². The number of aromatic hydroxyl groups is 1. The molecule has 1 rings (SSSR count). The van der Waals surface area contributed by atoms with Gasteiger partial charge in [0.25, 0.3) is 10.1 Å². The van der Waals surface area contributed by atoms with Gasteiger partial charge in [0.05, 0.1) is 4.90 Å². The van der Waals surface area contributed by atoms with E-state index in [1.165, 1.54) is 6.92 Å². The van der Waals surface area contributed by atoms with Crippen molar-refractivity contribution in [3.63, 3.8) is 0 Å². The zero-order valence-corrected chi connectivity index (χ0v) is 8.45. The van der Waals surface area contributed by atoms with E-state index in [-0.39, 0.29) is 5.56 Å². The van der Waals surface area contributed by atoms with E-state index in [2.05, 4.69) is 0 Å². The molecular formula is C8H8O6S. The Bertz CT molecular complexity index is 516. The fourth-order valence-electron chi connectivity index (χ4n) is 1.06. The van der Waals surface area contributed by atoms with Gasteiger partial charge >= 0.3 is 5.97 Å². The van der Waals surface area contributed by atoms with Crippen LogP contribution in [0.3, 0.4) is 0 Å². The minimum Gasteiger partial charge on any atom is -0.507 e. The summed E-state index contributed by atoms with van der Waals surface area (Å²) in [5.41, 5.74) is -0.509. The SMILES string of the molecule is Cc1cc(S(=O)(=O)O)cc(C(=O)O)c1O. The van der Waals surface area contributed by atoms with Crippen LogP contribution in [0.2, 0.25) is 0 Å². The van der Waals surface area contributed by atoms with E-state index in [9.17, 15) is 18.3 Å². The zero-order valence-electron chi connectivity index (χ0n) is 7.63. The quantitative estimate of drug-likeness (QED) is 0.645. The molecule has 0 bridgehead atoms. The molecule has 0 aliphatic rings. The first kappa shape index (κ1) is 11.5. The number of aromatic carboxylic acids is 1. The minimum atomic E-state index is -4.47. The van der Waals surface area contributed by atoms with E-state index < -0.39 is 32.3 Å². The summed E-state index contributed by atoms with van der Waals surface area (Å²) < 4.78 is 30.2. The zero-order chi connectivity index (χ0) is 11.8. The largest absolute Gasteiger partial charge is 0.507 e. The first-order valence-corrected chi connectivity index (χ1v) is 5.22. The molecule has 0 atom stereocenters. The highest BCUT2D eigenvalue weighted by atomic mass is 32.2. The molecule has 0 aliphatic carbocycles. The van der Waals surface area contributed by atoms with Gasteiger partial charge in [-0.1, -0.05) is 0 Å². The lowest BCUT2D eigenvalue weighted by Gasteiger charge is -2.05. The van der Waals surface area contributed by atoms with E-state index in [1.54, 1.807) is 0 Å². The molecule has 0 aliphatic heterocycles. The minimum absolute atomic E-state index is 0.0579. The van der Waals surface area contributed by atoms with Gasteiger partial charge in [0.1, 0.15) is 11.3 Å². The first-order chi connectivity index (χ1) is 6.73. The van der Waals surface area contributed by atoms with Gasteiger partial charge in [-0.05, 0) is 24.6 Å². The van der Waals surface area contributed by atoms with Crippen molar-refractivity contribution < 1.29 is 28.0 Å². The van der Waals surface area contributed by atoms with E-state index in [1.807, 2.05) is 0 Å². The second-order valence-electron chi connectivity index (χ2n) is 2.92. The molecule has 0 saturated carbocycles. The Balaban J connectivity index is 3.57. The van der Waals surface area contributed by atoms with Crippen LogP contribution in [0.4, 0.5) is 0 Å². The molecule has 0 fully saturated rings. The van der Waals surface area contributed by atoms with Crippen molar-refractivity contribution in [1.29, 1.82) is 0 Å². The summed E-state index contributed by atoms with van der Waals surface area (Å²) in [6.07, 6.45) is 0. The number of carbonyl (C=O) groups is 1. The van der Waals surface area contributed by atoms with Gasteiger partial charge < -0.3 is 10.2 Å². The fourth-order valence-corrected chi connectivity index (χ4v) is 1.65. The number of benzene rings is 1. The van der Waals surface area contributed by atoms with Crippen molar-refractivity contribution in [1.82, 2.24) is 0 Å². The van der Waals surface area contributed by atoms with E-state index in [0.29, 0.717) is 6.07 Å². The molecule has 7 heteroatoms. The molecule has 0 spiro atoms. The molecule has 3 N–H and O–H groups in total. The van der Waals surface area contributed by atoms with E-state index in [0.717, 1.165) is 6.07 Å². The van der Waals surface area contributed by atoms with Crippen LogP contribution in [0.5, 0.6) is 5.75 Å². The third-order valence-corrected chi connectivity index (χ3v) is 2.63. The van der Waals surface area contributed by atoms with Crippen molar-refractivity contribution in [2.45, 2.75) is 11.8 Å². The van der Waals surface area contributed by atoms with Crippen molar-refractivity contribution in [3.8, 4) is 5.75 Å². The maximum Gasteiger partial charge on any atom is 0.339 e. The molecule has 82 valence electrons. The van der Waals surface area contributed by atoms with Gasteiger partial charge in [0.2, 0.25) is 0 Å². The molecule has 1 aromatic rings. The molecule has 0 aromatic heterocycles. The molecule has 6 nitrogen and oxygen atoms in total. The summed E-state index contributed by atoms with van der Waals surface area (Å²) in [4.78, 5) is 10.1. The van der Waals surface area contributed by atoms with Gasteiger partial charge in [0, 0.05) is 0 Å². The van der Waals surface area contributed by atoms with Crippen LogP contribution in [-0.4, -0.2) is 29.2 Å². The Morgan fingerprint density at radius 2 is 1.87 bits per heavy atom. The third kappa shape index (κ3) is 2.25. The average Bonchev–Trinajstić information content (AvgIpc) is 2.06. The number of rotatable bonds is 2. The van der Waals surface area contributed by atoms with Crippen LogP contribution in [0.15, 0.2) is 17.0 Å². The standard InChI is InChI=1S/C8H8O6S/c1-4-2-5(15(12,13)14)3-6(7(4)9)8(10)11/h2-3,9H,1H3,(H,10,11)(H,12,13,14). The first-order valence-electron chi connectivity index (χ1n) is 3.78. The molecule has 1 aromatic carbocycles. The van der Waals surface area contributed by atoms with Crippen LogP contribution in [0.25, 0.3) is 0 Å². The number of carboxylic acid groups (broad SMARTS) is 1. The van der Waals surface area contributed by atoms with Gasteiger partial charge in [-0.2, -0.15) is 8.42 Å². The molecule has 0 unspecified atom stereocenters. The Labute approximate surface area is 85.5 Å². The van der Waals surface area contributed by atoms with E-state index in [4.69, 9.17) is 9.66 Å². The Morgan fingerprint density at radius 1 is 1.33 bits per heavy atom. The smallest absolute Gasteiger partial charge is 0.339 e. The molecule has 0 heterocycles. The second kappa shape index (κ2) is 3.52. The fraction of sp³-hybridized carbons (Fsp3) is 0.125. The van der Waals surface area contributed by atoms with Crippen molar-refractivity contribution in [2.24, 2.45) is 0 Å². The number of aryl methyl sites for hydroxylation is 1. The van der Waals surface area contributed by atoms with Gasteiger partial charge in [-0.3, -0.25) is 4.55 Å². The maximum atomic E-state index is 10.8. The summed E-state index contributed by atoms with van der Waals surface area (Å²) in [6.45, 7) is 1.33. The summed E-state index contributed by atoms with van der Waals surface area (Å²) in [7, 11) is -4.47.